The highest BCUT2D eigenvalue weighted by Gasteiger charge is 2.34. The number of ether oxygens (including phenoxy) is 6. The topological polar surface area (TPSA) is 240 Å². The fraction of sp³-hybridized carbons (Fsp3) is 0.159. The summed E-state index contributed by atoms with van der Waals surface area (Å²) >= 11 is 6.54. The van der Waals surface area contributed by atoms with Crippen molar-refractivity contribution < 1.29 is 73.2 Å². The summed E-state index contributed by atoms with van der Waals surface area (Å²) in [4.78, 5) is 47.6. The van der Waals surface area contributed by atoms with Crippen molar-refractivity contribution in [3.8, 4) is 79.0 Å². The molecule has 25 heteroatoms. The second-order valence-corrected chi connectivity index (χ2v) is 37.6. The van der Waals surface area contributed by atoms with E-state index < -0.39 is 43.9 Å². The fourth-order valence-corrected chi connectivity index (χ4v) is 21.8. The van der Waals surface area contributed by atoms with Gasteiger partial charge in [-0.25, -0.2) is 25.6 Å². The average molecular weight is 1850 g/mol. The Morgan fingerprint density at radius 3 is 1.09 bits per heavy atom. The maximum absolute atomic E-state index is 14.4. The van der Waals surface area contributed by atoms with Gasteiger partial charge < -0.3 is 28.4 Å². The number of rotatable bonds is 21. The maximum Gasteiger partial charge on any atom is 0.257 e. The molecule has 0 saturated heterocycles. The molecule has 4 aliphatic heterocycles. The molecule has 0 fully saturated rings. The van der Waals surface area contributed by atoms with E-state index in [-0.39, 0.29) is 65.4 Å². The minimum absolute atomic E-state index is 0.0342. The maximum atomic E-state index is 14.4. The lowest BCUT2D eigenvalue weighted by molar-refractivity contribution is -0.115. The lowest BCUT2D eigenvalue weighted by Crippen LogP contribution is -2.16. The van der Waals surface area contributed by atoms with E-state index in [0.717, 1.165) is 157 Å². The van der Waals surface area contributed by atoms with Crippen LogP contribution in [0.1, 0.15) is 140 Å². The van der Waals surface area contributed by atoms with Crippen LogP contribution in [-0.4, -0.2) is 47.1 Å². The van der Waals surface area contributed by atoms with Crippen LogP contribution in [0.4, 0.5) is 8.78 Å². The Labute approximate surface area is 777 Å². The number of hydrogen-bond donors (Lipinski definition) is 4. The molecule has 664 valence electrons. The van der Waals surface area contributed by atoms with Crippen molar-refractivity contribution >= 4 is 98.8 Å². The molecule has 8 atom stereocenters. The largest absolute Gasteiger partial charge is 0.491 e. The van der Waals surface area contributed by atoms with Crippen LogP contribution in [0.15, 0.2) is 303 Å². The Bertz CT molecular complexity index is 6950. The molecule has 0 bridgehead atoms. The molecule has 4 N–H and O–H groups in total. The number of fused-ring (bicyclic) bond motifs is 4. The smallest absolute Gasteiger partial charge is 0.257 e. The van der Waals surface area contributed by atoms with Crippen LogP contribution >= 0.6 is 11.6 Å². The van der Waals surface area contributed by atoms with Crippen LogP contribution in [0.2, 0.25) is 5.02 Å². The zero-order chi connectivity index (χ0) is 91.2. The van der Waals surface area contributed by atoms with E-state index >= 15 is 0 Å². The van der Waals surface area contributed by atoms with Gasteiger partial charge in [-0.1, -0.05) is 206 Å². The highest BCUT2D eigenvalue weighted by Crippen LogP contribution is 2.48. The molecule has 0 saturated carbocycles. The molecule has 13 aromatic rings. The zero-order valence-electron chi connectivity index (χ0n) is 71.7. The highest BCUT2D eigenvalue weighted by atomic mass is 35.5. The second-order valence-electron chi connectivity index (χ2n) is 32.4. The van der Waals surface area contributed by atoms with Crippen LogP contribution in [0.25, 0.3) is 64.1 Å². The first-order valence-corrected chi connectivity index (χ1v) is 48.2. The predicted molar refractivity (Wildman–Crippen MR) is 513 cm³/mol. The molecule has 4 unspecified atom stereocenters. The van der Waals surface area contributed by atoms with Crippen molar-refractivity contribution in [1.29, 1.82) is 0 Å². The number of aryl methyl sites for hydroxylation is 2. The quantitative estimate of drug-likeness (QED) is 0.0523. The van der Waals surface area contributed by atoms with Crippen LogP contribution < -0.4 is 47.3 Å². The van der Waals surface area contributed by atoms with Gasteiger partial charge in [0.25, 0.3) is 23.6 Å². The van der Waals surface area contributed by atoms with Gasteiger partial charge in [-0.05, 0) is 274 Å². The van der Waals surface area contributed by atoms with Crippen LogP contribution in [-0.2, 0) is 95.4 Å². The molecule has 0 spiro atoms. The molecular weight excluding hydrogens is 1770 g/mol. The molecule has 132 heavy (non-hydrogen) atoms. The first-order valence-electron chi connectivity index (χ1n) is 43.2. The number of halogens is 3. The lowest BCUT2D eigenvalue weighted by atomic mass is 9.94. The number of hydrogen-bond acceptors (Lipinski definition) is 14. The third kappa shape index (κ3) is 19.7. The number of amides is 4. The summed E-state index contributed by atoms with van der Waals surface area (Å²) in [5.41, 5.74) is 24.1. The summed E-state index contributed by atoms with van der Waals surface area (Å²) in [7, 11) is -6.04. The van der Waals surface area contributed by atoms with Crippen molar-refractivity contribution in [2.24, 2.45) is 0 Å². The van der Waals surface area contributed by atoms with Crippen molar-refractivity contribution in [2.45, 2.75) is 103 Å². The molecule has 0 radical (unpaired) electrons. The van der Waals surface area contributed by atoms with Crippen LogP contribution in [0, 0.1) is 25.5 Å². The van der Waals surface area contributed by atoms with E-state index in [2.05, 4.69) is 97.8 Å². The third-order valence-electron chi connectivity index (χ3n) is 24.0. The van der Waals surface area contributed by atoms with Gasteiger partial charge in [0.1, 0.15) is 65.6 Å². The molecule has 4 amide bonds. The normalized spacial score (nSPS) is 19.1. The monoisotopic (exact) mass is 1850 g/mol. The molecule has 21 rings (SSSR count). The summed E-state index contributed by atoms with van der Waals surface area (Å²) in [5, 5.41) is 0.764. The van der Waals surface area contributed by atoms with Gasteiger partial charge in [0.2, 0.25) is 0 Å². The highest BCUT2D eigenvalue weighted by molar-refractivity contribution is 7.94. The summed E-state index contributed by atoms with van der Waals surface area (Å²) in [6, 6.07) is 88.6. The first-order chi connectivity index (χ1) is 64.2. The van der Waals surface area contributed by atoms with E-state index in [1.807, 2.05) is 185 Å². The van der Waals surface area contributed by atoms with Gasteiger partial charge in [0.15, 0.2) is 55.5 Å². The number of para-hydroxylation sites is 1. The Morgan fingerprint density at radius 1 is 0.341 bits per heavy atom. The van der Waals surface area contributed by atoms with Gasteiger partial charge >= 0.3 is 0 Å². The third-order valence-corrected chi connectivity index (χ3v) is 28.9. The minimum atomic E-state index is -1.52. The van der Waals surface area contributed by atoms with E-state index in [9.17, 15) is 44.8 Å². The van der Waals surface area contributed by atoms with Crippen molar-refractivity contribution in [3.05, 3.63) is 403 Å². The van der Waals surface area contributed by atoms with E-state index in [4.69, 9.17) is 40.0 Å². The van der Waals surface area contributed by atoms with Crippen molar-refractivity contribution in [2.75, 3.05) is 6.61 Å². The van der Waals surface area contributed by atoms with Gasteiger partial charge in [0.05, 0.1) is 26.2 Å². The van der Waals surface area contributed by atoms with E-state index in [1.54, 1.807) is 24.3 Å². The summed E-state index contributed by atoms with van der Waals surface area (Å²) in [6.45, 7) is 6.80. The molecule has 18 nitrogen and oxygen atoms in total. The predicted octanol–water partition coefficient (Wildman–Crippen LogP) is 21.7. The lowest BCUT2D eigenvalue weighted by Gasteiger charge is -2.17. The number of nitrogens with one attached hydrogen (secondary N) is 4. The summed E-state index contributed by atoms with van der Waals surface area (Å²) < 4.78 is 122. The van der Waals surface area contributed by atoms with Gasteiger partial charge in [0, 0.05) is 40.5 Å². The minimum Gasteiger partial charge on any atom is -0.491 e. The standard InChI is InChI=1S/C31H25NO4S.C26H22FNO4S.C25H20ClNO3S.C25H20FNO3S/c33-31-19-30(37(34)32-31)22-13-15-23(16-14-22)36-29-18-17-25-24(10-6-11-27(25)29)26-9-4-5-12-28(26)35-20-21-7-2-1-3-8-21;1-2-31-24-12-8-17(14-22(24)27)19-4-3-5-21-20(19)11-13-23(21)32-18-9-6-16(7-10-18)25-15-26(29)28-33(25)30;1-15-5-10-20(22(26)13-15)18-3-2-4-21-19(18)11-12-23(21)30-17-8-6-16(7-9-17)24-14-25(28)27-31(24)29;1-15-5-8-17(26)13-22(15)19-3-2-4-21-20(19)11-12-23(21)30-18-9-6-16(7-10-18)24-14-25(28)27-31(24)29/h1-16,19,29H,17-18,20H2,(H,32,33);3-10,12,14-15,23H,2,11,13H2,1H3,(H,28,29);2*2-10,13-14,23H,11-12H2,1H3,(H,27,28)/t29-,37?;23-,33?;2*23-,31?/m1111/s1. The van der Waals surface area contributed by atoms with Crippen LogP contribution in [0.3, 0.4) is 0 Å². The first kappa shape index (κ1) is 88.9. The molecular formula is C107H87ClF2N4O14S4. The van der Waals surface area contributed by atoms with E-state index in [1.165, 1.54) is 75.4 Å². The summed E-state index contributed by atoms with van der Waals surface area (Å²) in [6.07, 6.45) is 12.2. The Kier molecular flexibility index (Phi) is 26.6. The molecule has 8 aliphatic rings. The molecule has 4 aliphatic carbocycles. The van der Waals surface area contributed by atoms with Gasteiger partial charge in [-0.2, -0.15) is 0 Å². The summed E-state index contributed by atoms with van der Waals surface area (Å²) in [5.74, 6) is 2.03. The SMILES string of the molecule is CCOc1ccc(-c2cccc3c2CC[C@H]3Oc2ccc(C3=CC(=O)NS3=O)cc2)cc1F.Cc1ccc(-c2cccc3c2CC[C@H]3Oc2ccc(C3=CC(=O)NS3=O)cc2)c(Cl)c1.Cc1ccc(F)cc1-c1cccc2c1CC[C@H]2Oc1ccc(C2=CC(=O)NS2=O)cc1.O=C1C=C(c2ccc(O[C@@H]3CCc4c(-c5ccccc5OCc5ccccc5)cccc43)cc2)S(=O)N1. The molecule has 4 heterocycles. The Balaban J connectivity index is 0.000000118. The second kappa shape index (κ2) is 39.5. The number of benzene rings is 13. The zero-order valence-corrected chi connectivity index (χ0v) is 75.8. The van der Waals surface area contributed by atoms with Gasteiger partial charge in [-0.3, -0.25) is 38.1 Å². The average Bonchev–Trinajstić information content (AvgIpc) is 1.65. The van der Waals surface area contributed by atoms with Gasteiger partial charge in [-0.15, -0.1) is 0 Å². The fourth-order valence-electron chi connectivity index (χ4n) is 17.8. The molecule has 0 aromatic heterocycles. The molecule has 13 aromatic carbocycles. The number of carbonyl (C=O) groups is 4. The van der Waals surface area contributed by atoms with Crippen molar-refractivity contribution in [3.63, 3.8) is 0 Å². The Morgan fingerprint density at radius 2 is 0.705 bits per heavy atom. The van der Waals surface area contributed by atoms with E-state index in [0.29, 0.717) is 49.9 Å². The number of carbonyl (C=O) groups excluding carboxylic acids is 4. The Hall–Kier alpha value is -13.8. The van der Waals surface area contributed by atoms with Crippen LogP contribution in [0.5, 0.6) is 34.5 Å². The van der Waals surface area contributed by atoms with Crippen molar-refractivity contribution in [1.82, 2.24) is 18.9 Å².